The van der Waals surface area contributed by atoms with Crippen LogP contribution in [0.4, 0.5) is 0 Å². The Kier molecular flexibility index (Phi) is 3.75. The molecule has 0 bridgehead atoms. The van der Waals surface area contributed by atoms with E-state index in [2.05, 4.69) is 10.2 Å². The lowest BCUT2D eigenvalue weighted by molar-refractivity contribution is 0.583. The highest BCUT2D eigenvalue weighted by atomic mass is 32.2. The van der Waals surface area contributed by atoms with Crippen LogP contribution in [0.5, 0.6) is 0 Å². The highest BCUT2D eigenvalue weighted by molar-refractivity contribution is 7.89. The monoisotopic (exact) mass is 329 g/mol. The number of benzene rings is 2. The van der Waals surface area contributed by atoms with Gasteiger partial charge < -0.3 is 4.42 Å². The van der Waals surface area contributed by atoms with Crippen molar-refractivity contribution in [2.45, 2.75) is 18.7 Å². The molecule has 0 radical (unpaired) electrons. The van der Waals surface area contributed by atoms with Crippen LogP contribution < -0.4 is 5.14 Å². The van der Waals surface area contributed by atoms with Gasteiger partial charge in [-0.2, -0.15) is 0 Å². The second kappa shape index (κ2) is 5.60. The molecular weight excluding hydrogens is 314 g/mol. The van der Waals surface area contributed by atoms with E-state index in [9.17, 15) is 8.42 Å². The molecule has 0 saturated carbocycles. The third-order valence-corrected chi connectivity index (χ3v) is 4.40. The van der Waals surface area contributed by atoms with Gasteiger partial charge in [-0.15, -0.1) is 10.2 Å². The van der Waals surface area contributed by atoms with Crippen LogP contribution in [0, 0.1) is 13.8 Å². The first-order valence-electron chi connectivity index (χ1n) is 6.89. The Hall–Kier alpha value is -2.51. The zero-order valence-corrected chi connectivity index (χ0v) is 13.5. The molecule has 0 aliphatic rings. The van der Waals surface area contributed by atoms with Gasteiger partial charge in [0.25, 0.3) is 0 Å². The number of primary sulfonamides is 1. The summed E-state index contributed by atoms with van der Waals surface area (Å²) in [6.07, 6.45) is 0. The second-order valence-electron chi connectivity index (χ2n) is 5.30. The average Bonchev–Trinajstić information content (AvgIpc) is 2.96. The molecular formula is C16H15N3O3S. The Balaban J connectivity index is 1.96. The lowest BCUT2D eigenvalue weighted by Gasteiger charge is -2.02. The Morgan fingerprint density at radius 2 is 1.61 bits per heavy atom. The predicted molar refractivity (Wildman–Crippen MR) is 86.0 cm³/mol. The molecule has 1 aromatic heterocycles. The van der Waals surface area contributed by atoms with Crippen LogP contribution >= 0.6 is 0 Å². The number of hydrogen-bond donors (Lipinski definition) is 1. The Bertz CT molecular complexity index is 960. The minimum absolute atomic E-state index is 0.0374. The molecule has 0 fully saturated rings. The van der Waals surface area contributed by atoms with Gasteiger partial charge in [0.1, 0.15) is 0 Å². The van der Waals surface area contributed by atoms with Crippen LogP contribution in [0.2, 0.25) is 0 Å². The van der Waals surface area contributed by atoms with Crippen LogP contribution in [-0.4, -0.2) is 18.6 Å². The van der Waals surface area contributed by atoms with Crippen molar-refractivity contribution in [3.05, 3.63) is 53.6 Å². The fourth-order valence-electron chi connectivity index (χ4n) is 2.29. The lowest BCUT2D eigenvalue weighted by Crippen LogP contribution is -2.11. The normalized spacial score (nSPS) is 11.6. The third-order valence-electron chi connectivity index (χ3n) is 3.47. The number of aryl methyl sites for hydroxylation is 2. The molecule has 0 amide bonds. The van der Waals surface area contributed by atoms with E-state index in [0.29, 0.717) is 17.3 Å². The number of aromatic nitrogens is 2. The smallest absolute Gasteiger partial charge is 0.248 e. The van der Waals surface area contributed by atoms with Gasteiger partial charge >= 0.3 is 0 Å². The van der Waals surface area contributed by atoms with E-state index in [1.807, 2.05) is 32.0 Å². The van der Waals surface area contributed by atoms with E-state index < -0.39 is 10.0 Å². The molecule has 23 heavy (non-hydrogen) atoms. The second-order valence-corrected chi connectivity index (χ2v) is 6.86. The standard InChI is InChI=1S/C16H15N3O3S/c1-10-3-8-14(11(2)9-10)16-19-18-15(22-16)12-4-6-13(7-5-12)23(17,20)21/h3-9H,1-2H3,(H2,17,20,21). The van der Waals surface area contributed by atoms with Gasteiger partial charge in [-0.05, 0) is 49.7 Å². The zero-order valence-electron chi connectivity index (χ0n) is 12.6. The topological polar surface area (TPSA) is 99.1 Å². The van der Waals surface area contributed by atoms with Crippen LogP contribution in [0.15, 0.2) is 51.8 Å². The number of nitrogens with zero attached hydrogens (tertiary/aromatic N) is 2. The van der Waals surface area contributed by atoms with Crippen molar-refractivity contribution < 1.29 is 12.8 Å². The summed E-state index contributed by atoms with van der Waals surface area (Å²) in [6.45, 7) is 4.00. The molecule has 0 spiro atoms. The summed E-state index contributed by atoms with van der Waals surface area (Å²) in [6, 6.07) is 11.9. The molecule has 0 aliphatic carbocycles. The minimum Gasteiger partial charge on any atom is -0.416 e. The van der Waals surface area contributed by atoms with Gasteiger partial charge in [-0.1, -0.05) is 17.7 Å². The lowest BCUT2D eigenvalue weighted by atomic mass is 10.1. The molecule has 7 heteroatoms. The Morgan fingerprint density at radius 1 is 0.957 bits per heavy atom. The predicted octanol–water partition coefficient (Wildman–Crippen LogP) is 2.67. The SMILES string of the molecule is Cc1ccc(-c2nnc(-c3ccc(S(N)(=O)=O)cc3)o2)c(C)c1. The summed E-state index contributed by atoms with van der Waals surface area (Å²) in [5.74, 6) is 0.744. The summed E-state index contributed by atoms with van der Waals surface area (Å²) < 4.78 is 28.2. The molecule has 3 rings (SSSR count). The third kappa shape index (κ3) is 3.15. The molecule has 0 saturated heterocycles. The summed E-state index contributed by atoms with van der Waals surface area (Å²) in [7, 11) is -3.72. The Morgan fingerprint density at radius 3 is 2.22 bits per heavy atom. The number of hydrogen-bond acceptors (Lipinski definition) is 5. The van der Waals surface area contributed by atoms with Crippen LogP contribution in [0.1, 0.15) is 11.1 Å². The molecule has 0 aliphatic heterocycles. The summed E-state index contributed by atoms with van der Waals surface area (Å²) in [5.41, 5.74) is 3.70. The van der Waals surface area contributed by atoms with E-state index in [-0.39, 0.29) is 4.90 Å². The maximum absolute atomic E-state index is 11.3. The van der Waals surface area contributed by atoms with Crippen molar-refractivity contribution in [1.82, 2.24) is 10.2 Å². The first-order chi connectivity index (χ1) is 10.8. The van der Waals surface area contributed by atoms with Gasteiger partial charge in [0.15, 0.2) is 0 Å². The van der Waals surface area contributed by atoms with Crippen molar-refractivity contribution in [2.24, 2.45) is 5.14 Å². The molecule has 2 N–H and O–H groups in total. The van der Waals surface area contributed by atoms with Crippen LogP contribution in [0.25, 0.3) is 22.9 Å². The quantitative estimate of drug-likeness (QED) is 0.796. The van der Waals surface area contributed by atoms with Crippen molar-refractivity contribution in [3.63, 3.8) is 0 Å². The number of rotatable bonds is 3. The van der Waals surface area contributed by atoms with Crippen molar-refractivity contribution >= 4 is 10.0 Å². The molecule has 1 heterocycles. The maximum atomic E-state index is 11.3. The molecule has 3 aromatic rings. The fraction of sp³-hybridized carbons (Fsp3) is 0.125. The van der Waals surface area contributed by atoms with Gasteiger partial charge in [-0.3, -0.25) is 0 Å². The van der Waals surface area contributed by atoms with Crippen molar-refractivity contribution in [3.8, 4) is 22.9 Å². The van der Waals surface area contributed by atoms with E-state index in [0.717, 1.165) is 16.7 Å². The van der Waals surface area contributed by atoms with Crippen LogP contribution in [0.3, 0.4) is 0 Å². The van der Waals surface area contributed by atoms with E-state index >= 15 is 0 Å². The molecule has 0 atom stereocenters. The van der Waals surface area contributed by atoms with E-state index in [1.54, 1.807) is 12.1 Å². The van der Waals surface area contributed by atoms with E-state index in [4.69, 9.17) is 9.56 Å². The highest BCUT2D eigenvalue weighted by Crippen LogP contribution is 2.27. The summed E-state index contributed by atoms with van der Waals surface area (Å²) in [4.78, 5) is 0.0374. The molecule has 0 unspecified atom stereocenters. The fourth-order valence-corrected chi connectivity index (χ4v) is 2.80. The van der Waals surface area contributed by atoms with Crippen LogP contribution in [-0.2, 0) is 10.0 Å². The molecule has 118 valence electrons. The van der Waals surface area contributed by atoms with Crippen molar-refractivity contribution in [2.75, 3.05) is 0 Å². The highest BCUT2D eigenvalue weighted by Gasteiger charge is 2.14. The summed E-state index contributed by atoms with van der Waals surface area (Å²) >= 11 is 0. The number of sulfonamides is 1. The Labute approximate surface area is 134 Å². The zero-order chi connectivity index (χ0) is 16.6. The molecule has 2 aromatic carbocycles. The van der Waals surface area contributed by atoms with Crippen molar-refractivity contribution in [1.29, 1.82) is 0 Å². The average molecular weight is 329 g/mol. The minimum atomic E-state index is -3.72. The van der Waals surface area contributed by atoms with Gasteiger partial charge in [0, 0.05) is 11.1 Å². The maximum Gasteiger partial charge on any atom is 0.248 e. The van der Waals surface area contributed by atoms with Gasteiger partial charge in [0.05, 0.1) is 4.90 Å². The van der Waals surface area contributed by atoms with E-state index in [1.165, 1.54) is 12.1 Å². The molecule has 6 nitrogen and oxygen atoms in total. The summed E-state index contributed by atoms with van der Waals surface area (Å²) in [5, 5.41) is 13.2. The number of nitrogens with two attached hydrogens (primary N) is 1. The van der Waals surface area contributed by atoms with Gasteiger partial charge in [0.2, 0.25) is 21.8 Å². The largest absolute Gasteiger partial charge is 0.416 e. The first-order valence-corrected chi connectivity index (χ1v) is 8.43. The first kappa shape index (κ1) is 15.4. The van der Waals surface area contributed by atoms with Gasteiger partial charge in [-0.25, -0.2) is 13.6 Å².